The first-order valence-electron chi connectivity index (χ1n) is 8.35. The highest BCUT2D eigenvalue weighted by Crippen LogP contribution is 2.35. The van der Waals surface area contributed by atoms with Crippen molar-refractivity contribution in [1.82, 2.24) is 0 Å². The van der Waals surface area contributed by atoms with Gasteiger partial charge in [-0.3, -0.25) is 0 Å². The van der Waals surface area contributed by atoms with Crippen LogP contribution in [0.15, 0.2) is 24.3 Å². The molecule has 2 rings (SSSR count). The van der Waals surface area contributed by atoms with Crippen LogP contribution in [0.5, 0.6) is 23.0 Å². The van der Waals surface area contributed by atoms with E-state index in [1.54, 1.807) is 6.92 Å². The number of carbonyl (C=O) groups excluding carboxylic acids is 1. The molecule has 0 bridgehead atoms. The van der Waals surface area contributed by atoms with Crippen molar-refractivity contribution in [3.05, 3.63) is 45.4 Å². The molecule has 0 heterocycles. The Balaban J connectivity index is 0.000000529. The van der Waals surface area contributed by atoms with Crippen LogP contribution in [0.3, 0.4) is 0 Å². The summed E-state index contributed by atoms with van der Waals surface area (Å²) in [5.74, 6) is -1.82. The van der Waals surface area contributed by atoms with Crippen molar-refractivity contribution in [3.63, 3.8) is 0 Å². The van der Waals surface area contributed by atoms with E-state index in [-0.39, 0.29) is 13.8 Å². The predicted octanol–water partition coefficient (Wildman–Crippen LogP) is 6.14. The first-order chi connectivity index (χ1) is 14.9. The molecule has 0 saturated carbocycles. The van der Waals surface area contributed by atoms with Crippen molar-refractivity contribution >= 4 is 85.6 Å². The Morgan fingerprint density at radius 1 is 0.906 bits per heavy atom. The Hall–Kier alpha value is -1.34. The van der Waals surface area contributed by atoms with Crippen molar-refractivity contribution in [2.75, 3.05) is 20.8 Å². The maximum absolute atomic E-state index is 11.5. The van der Waals surface area contributed by atoms with Gasteiger partial charge in [0.05, 0.1) is 32.0 Å². The quantitative estimate of drug-likeness (QED) is 0.254. The van der Waals surface area contributed by atoms with E-state index in [1.165, 1.54) is 26.4 Å². The molecule has 0 aromatic heterocycles. The molecule has 0 unspecified atom stereocenters. The van der Waals surface area contributed by atoms with E-state index in [2.05, 4.69) is 47.3 Å². The van der Waals surface area contributed by atoms with Crippen molar-refractivity contribution in [1.29, 1.82) is 0 Å². The van der Waals surface area contributed by atoms with Crippen LogP contribution in [0.4, 0.5) is 0 Å². The zero-order valence-corrected chi connectivity index (χ0v) is 23.1. The number of methoxy groups -OCH3 is 2. The summed E-state index contributed by atoms with van der Waals surface area (Å²) in [6.45, 7) is 2.05. The molecule has 0 radical (unpaired) electrons. The average molecular weight is 684 g/mol. The number of hydrogen-bond donors (Lipinski definition) is 3. The molecule has 176 valence electrons. The number of aromatic hydroxyl groups is 2. The summed E-state index contributed by atoms with van der Waals surface area (Å²) in [6.07, 6.45) is 0. The first-order valence-corrected chi connectivity index (χ1v) is 11.8. The second kappa shape index (κ2) is 15.5. The minimum Gasteiger partial charge on any atom is -0.506 e. The standard InChI is InChI=1S/C11H13ClO4.C7H5ClO4.BBr3/c1-4-16-11(13)7-5-8(14-2)10(12)9(6-7)15-3;8-6-4(9)1-3(7(11)12)2-5(6)10;2-1(3)4/h5-6H,4H2,1-3H3;1-2,9-10H,(H,11,12);. The molecule has 3 N–H and O–H groups in total. The molecule has 0 fully saturated rings. The normalized spacial score (nSPS) is 9.38. The van der Waals surface area contributed by atoms with Gasteiger partial charge >= 0.3 is 15.1 Å². The van der Waals surface area contributed by atoms with Gasteiger partial charge in [-0.1, -0.05) is 23.2 Å². The average Bonchev–Trinajstić information content (AvgIpc) is 2.72. The number of aromatic carboxylic acids is 1. The summed E-state index contributed by atoms with van der Waals surface area (Å²) < 4.78 is 15.2. The Morgan fingerprint density at radius 3 is 1.62 bits per heavy atom. The molecular weight excluding hydrogens is 666 g/mol. The van der Waals surface area contributed by atoms with Crippen LogP contribution in [-0.4, -0.2) is 51.3 Å². The maximum atomic E-state index is 11.5. The molecule has 0 spiro atoms. The largest absolute Gasteiger partial charge is 0.506 e. The molecule has 0 aliphatic rings. The lowest BCUT2D eigenvalue weighted by molar-refractivity contribution is 0.0525. The van der Waals surface area contributed by atoms with E-state index >= 15 is 0 Å². The highest BCUT2D eigenvalue weighted by molar-refractivity contribution is 9.69. The predicted molar refractivity (Wildman–Crippen MR) is 135 cm³/mol. The van der Waals surface area contributed by atoms with E-state index in [1.807, 2.05) is 0 Å². The summed E-state index contributed by atoms with van der Waals surface area (Å²) in [5, 5.41) is 26.5. The van der Waals surface area contributed by atoms with Gasteiger partial charge in [-0.25, -0.2) is 9.59 Å². The van der Waals surface area contributed by atoms with Gasteiger partial charge < -0.3 is 29.5 Å². The minimum absolute atomic E-state index is 0.214. The van der Waals surface area contributed by atoms with Gasteiger partial charge in [-0.2, -0.15) is 0 Å². The number of phenols is 2. The molecule has 2 aromatic rings. The molecule has 32 heavy (non-hydrogen) atoms. The van der Waals surface area contributed by atoms with Crippen LogP contribution in [0.25, 0.3) is 0 Å². The molecular formula is C18H18BBr3Cl2O8. The van der Waals surface area contributed by atoms with Crippen molar-refractivity contribution in [3.8, 4) is 23.0 Å². The van der Waals surface area contributed by atoms with Crippen molar-refractivity contribution < 1.29 is 39.1 Å². The molecule has 0 atom stereocenters. The number of esters is 1. The van der Waals surface area contributed by atoms with Crippen LogP contribution in [0.2, 0.25) is 10.0 Å². The number of carboxylic acid groups (broad SMARTS) is 1. The fourth-order valence-corrected chi connectivity index (χ4v) is 2.29. The lowest BCUT2D eigenvalue weighted by Gasteiger charge is -2.10. The highest BCUT2D eigenvalue weighted by atomic mass is 79.9. The summed E-state index contributed by atoms with van der Waals surface area (Å²) in [7, 11) is 2.94. The van der Waals surface area contributed by atoms with Gasteiger partial charge in [-0.05, 0) is 31.2 Å². The fourth-order valence-electron chi connectivity index (χ4n) is 1.92. The van der Waals surface area contributed by atoms with E-state index in [4.69, 9.17) is 52.7 Å². The Bertz CT molecular complexity index is 880. The van der Waals surface area contributed by atoms with Crippen LogP contribution in [0, 0.1) is 0 Å². The van der Waals surface area contributed by atoms with Crippen LogP contribution < -0.4 is 9.47 Å². The molecule has 0 aliphatic heterocycles. The summed E-state index contributed by atoms with van der Waals surface area (Å²) in [4.78, 5) is 21.9. The minimum atomic E-state index is -1.24. The van der Waals surface area contributed by atoms with Gasteiger partial charge in [0.25, 0.3) is 0 Å². The number of carbonyl (C=O) groups is 2. The number of hydrogen-bond acceptors (Lipinski definition) is 7. The Kier molecular flexibility index (Phi) is 14.8. The third-order valence-corrected chi connectivity index (χ3v) is 4.00. The number of halogens is 5. The third-order valence-electron chi connectivity index (χ3n) is 3.24. The molecule has 0 aliphatic carbocycles. The summed E-state index contributed by atoms with van der Waals surface area (Å²) >= 11 is 20.6. The molecule has 0 saturated heterocycles. The second-order valence-corrected chi connectivity index (χ2v) is 12.5. The summed E-state index contributed by atoms with van der Waals surface area (Å²) in [5.41, 5.74) is 0.134. The molecule has 8 nitrogen and oxygen atoms in total. The zero-order valence-electron chi connectivity index (χ0n) is 16.9. The second-order valence-electron chi connectivity index (χ2n) is 5.30. The van der Waals surface area contributed by atoms with Gasteiger partial charge in [0.2, 0.25) is 0 Å². The fraction of sp³-hybridized carbons (Fsp3) is 0.222. The topological polar surface area (TPSA) is 123 Å². The smallest absolute Gasteiger partial charge is 0.369 e. The lowest BCUT2D eigenvalue weighted by Crippen LogP contribution is -2.05. The number of ether oxygens (including phenoxy) is 3. The number of carboxylic acids is 1. The number of phenolic OH excluding ortho intramolecular Hbond substituents is 2. The molecule has 2 aromatic carbocycles. The summed E-state index contributed by atoms with van der Waals surface area (Å²) in [6, 6.07) is 4.96. The zero-order chi connectivity index (χ0) is 25.0. The molecule has 14 heteroatoms. The maximum Gasteiger partial charge on any atom is 0.369 e. The van der Waals surface area contributed by atoms with Gasteiger partial charge in [0.15, 0.2) is 0 Å². The van der Waals surface area contributed by atoms with Gasteiger partial charge in [0, 0.05) is 0 Å². The highest BCUT2D eigenvalue weighted by Gasteiger charge is 2.15. The van der Waals surface area contributed by atoms with Crippen molar-refractivity contribution in [2.45, 2.75) is 6.92 Å². The van der Waals surface area contributed by atoms with E-state index in [0.717, 1.165) is 12.1 Å². The van der Waals surface area contributed by atoms with Crippen LogP contribution in [0.1, 0.15) is 27.6 Å². The third kappa shape index (κ3) is 10.5. The first kappa shape index (κ1) is 30.7. The number of rotatable bonds is 5. The van der Waals surface area contributed by atoms with E-state index in [0.29, 0.717) is 28.7 Å². The Morgan fingerprint density at radius 2 is 1.31 bits per heavy atom. The van der Waals surface area contributed by atoms with Gasteiger partial charge in [-0.15, -0.1) is 47.3 Å². The van der Waals surface area contributed by atoms with Gasteiger partial charge in [0.1, 0.15) is 33.0 Å². The lowest BCUT2D eigenvalue weighted by atomic mass is 10.2. The van der Waals surface area contributed by atoms with E-state index in [9.17, 15) is 9.59 Å². The monoisotopic (exact) mass is 680 g/mol. The molecule has 0 amide bonds. The van der Waals surface area contributed by atoms with E-state index < -0.39 is 23.4 Å². The van der Waals surface area contributed by atoms with Crippen LogP contribution in [-0.2, 0) is 4.74 Å². The number of benzene rings is 2. The van der Waals surface area contributed by atoms with Crippen LogP contribution >= 0.6 is 70.5 Å². The Labute approximate surface area is 219 Å². The SMILES string of the molecule is BrB(Br)Br.CCOC(=O)c1cc(OC)c(Cl)c(OC)c1.O=C(O)c1cc(O)c(Cl)c(O)c1. The van der Waals surface area contributed by atoms with Crippen molar-refractivity contribution in [2.24, 2.45) is 0 Å².